The molecule has 70 valence electrons. The lowest BCUT2D eigenvalue weighted by atomic mass is 10.3. The molecule has 3 heteroatoms. The van der Waals surface area contributed by atoms with Crippen LogP contribution in [-0.2, 0) is 0 Å². The first-order valence-corrected chi connectivity index (χ1v) is 4.48. The molecule has 2 rings (SSSR count). The minimum atomic E-state index is 0.257. The van der Waals surface area contributed by atoms with Gasteiger partial charge in [0, 0.05) is 17.3 Å². The van der Waals surface area contributed by atoms with E-state index in [9.17, 15) is 0 Å². The van der Waals surface area contributed by atoms with Gasteiger partial charge in [-0.1, -0.05) is 17.7 Å². The zero-order valence-electron chi connectivity index (χ0n) is 8.27. The first-order valence-electron chi connectivity index (χ1n) is 4.61. The molecule has 14 heavy (non-hydrogen) atoms. The van der Waals surface area contributed by atoms with Gasteiger partial charge in [0.15, 0.2) is 0 Å². The molecule has 0 aliphatic carbocycles. The number of halogens is 1. The summed E-state index contributed by atoms with van der Waals surface area (Å²) in [5.41, 5.74) is 0. The second-order valence-electron chi connectivity index (χ2n) is 2.64. The van der Waals surface area contributed by atoms with Gasteiger partial charge in [0.2, 0.25) is 5.88 Å². The van der Waals surface area contributed by atoms with Crippen molar-refractivity contribution in [1.29, 1.82) is 0 Å². The largest absolute Gasteiger partial charge is 0.439 e. The van der Waals surface area contributed by atoms with E-state index in [1.54, 1.807) is 42.6 Å². The van der Waals surface area contributed by atoms with Crippen molar-refractivity contribution >= 4 is 11.6 Å². The fourth-order valence-corrected chi connectivity index (χ4v) is 1.11. The van der Waals surface area contributed by atoms with Crippen LogP contribution in [0.3, 0.4) is 0 Å². The van der Waals surface area contributed by atoms with E-state index in [2.05, 4.69) is 4.98 Å². The summed E-state index contributed by atoms with van der Waals surface area (Å²) in [7, 11) is 0. The molecule has 1 aromatic carbocycles. The van der Waals surface area contributed by atoms with Crippen LogP contribution in [-0.4, -0.2) is 4.98 Å². The molecule has 2 nitrogen and oxygen atoms in total. The highest BCUT2D eigenvalue weighted by Gasteiger charge is 1.96. The van der Waals surface area contributed by atoms with Crippen LogP contribution in [0.4, 0.5) is 0 Å². The summed E-state index contributed by atoms with van der Waals surface area (Å²) < 4.78 is 13.0. The third kappa shape index (κ3) is 2.24. The smallest absolute Gasteiger partial charge is 0.219 e. The summed E-state index contributed by atoms with van der Waals surface area (Å²) in [6.45, 7) is 0. The van der Waals surface area contributed by atoms with Gasteiger partial charge in [-0.3, -0.25) is 0 Å². The summed E-state index contributed by atoms with van der Waals surface area (Å²) in [5.74, 6) is 0.909. The molecule has 1 aromatic heterocycles. The first kappa shape index (κ1) is 7.83. The molecule has 1 heterocycles. The van der Waals surface area contributed by atoms with Crippen molar-refractivity contribution in [3.63, 3.8) is 0 Å². The first-order chi connectivity index (χ1) is 7.25. The van der Waals surface area contributed by atoms with Gasteiger partial charge < -0.3 is 4.74 Å². The van der Waals surface area contributed by atoms with Crippen molar-refractivity contribution in [1.82, 2.24) is 4.98 Å². The Balaban J connectivity index is 2.22. The molecule has 0 radical (unpaired) electrons. The molecule has 2 aromatic rings. The van der Waals surface area contributed by atoms with E-state index in [-0.39, 0.29) is 6.04 Å². The van der Waals surface area contributed by atoms with Gasteiger partial charge in [0.25, 0.3) is 0 Å². The monoisotopic (exact) mass is 206 g/mol. The average molecular weight is 207 g/mol. The third-order valence-corrected chi connectivity index (χ3v) is 1.86. The van der Waals surface area contributed by atoms with Gasteiger partial charge in [-0.05, 0) is 30.3 Å². The minimum Gasteiger partial charge on any atom is -0.439 e. The number of hydrogen-bond acceptors (Lipinski definition) is 2. The predicted molar refractivity (Wildman–Crippen MR) is 55.8 cm³/mol. The summed E-state index contributed by atoms with van der Waals surface area (Å²) >= 11 is 5.74. The number of benzene rings is 1. The zero-order chi connectivity index (χ0) is 10.7. The van der Waals surface area contributed by atoms with E-state index in [0.717, 1.165) is 0 Å². The standard InChI is InChI=1S/C11H8ClNO/c12-9-4-6-10(7-5-9)14-11-3-1-2-8-13-11/h1-8H/i3D. The Hall–Kier alpha value is -1.54. The minimum absolute atomic E-state index is 0.257. The number of ether oxygens (including phenoxy) is 1. The predicted octanol–water partition coefficient (Wildman–Crippen LogP) is 3.53. The second kappa shape index (κ2) is 4.11. The van der Waals surface area contributed by atoms with Crippen LogP contribution in [0.25, 0.3) is 0 Å². The summed E-state index contributed by atoms with van der Waals surface area (Å²) in [6.07, 6.45) is 1.59. The van der Waals surface area contributed by atoms with Crippen LogP contribution in [0.15, 0.2) is 48.6 Å². The van der Waals surface area contributed by atoms with E-state index >= 15 is 0 Å². The Morgan fingerprint density at radius 1 is 1.21 bits per heavy atom. The maximum absolute atomic E-state index is 7.55. The maximum Gasteiger partial charge on any atom is 0.219 e. The summed E-state index contributed by atoms with van der Waals surface area (Å²) in [5, 5.41) is 0.648. The van der Waals surface area contributed by atoms with Crippen molar-refractivity contribution < 1.29 is 6.11 Å². The summed E-state index contributed by atoms with van der Waals surface area (Å²) in [6, 6.07) is 10.5. The van der Waals surface area contributed by atoms with E-state index in [1.165, 1.54) is 0 Å². The fourth-order valence-electron chi connectivity index (χ4n) is 0.981. The normalized spacial score (nSPS) is 10.8. The molecule has 0 atom stereocenters. The number of rotatable bonds is 2. The summed E-state index contributed by atoms with van der Waals surface area (Å²) in [4.78, 5) is 3.95. The molecule has 0 fully saturated rings. The van der Waals surface area contributed by atoms with Crippen LogP contribution < -0.4 is 4.74 Å². The van der Waals surface area contributed by atoms with Gasteiger partial charge >= 0.3 is 0 Å². The van der Waals surface area contributed by atoms with Gasteiger partial charge in [-0.25, -0.2) is 4.98 Å². The van der Waals surface area contributed by atoms with Crippen LogP contribution in [0, 0.1) is 0 Å². The van der Waals surface area contributed by atoms with Gasteiger partial charge in [-0.2, -0.15) is 0 Å². The molecule has 0 N–H and O–H groups in total. The molecule has 0 spiro atoms. The van der Waals surface area contributed by atoms with Crippen LogP contribution in [0.1, 0.15) is 1.37 Å². The van der Waals surface area contributed by atoms with Crippen molar-refractivity contribution in [3.05, 3.63) is 53.7 Å². The highest BCUT2D eigenvalue weighted by atomic mass is 35.5. The van der Waals surface area contributed by atoms with E-state index in [1.807, 2.05) is 0 Å². The van der Waals surface area contributed by atoms with Crippen molar-refractivity contribution in [2.45, 2.75) is 0 Å². The number of hydrogen-bond donors (Lipinski definition) is 0. The van der Waals surface area contributed by atoms with Crippen LogP contribution >= 0.6 is 11.6 Å². The average Bonchev–Trinajstić information content (AvgIpc) is 2.25. The Morgan fingerprint density at radius 3 is 2.71 bits per heavy atom. The Morgan fingerprint density at radius 2 is 2.00 bits per heavy atom. The number of nitrogens with zero attached hydrogens (tertiary/aromatic N) is 1. The third-order valence-electron chi connectivity index (χ3n) is 1.61. The Bertz CT molecular complexity index is 458. The van der Waals surface area contributed by atoms with Gasteiger partial charge in [0.05, 0.1) is 1.37 Å². The molecule has 0 saturated heterocycles. The lowest BCUT2D eigenvalue weighted by Gasteiger charge is -2.03. The SMILES string of the molecule is [2H]c1cccnc1Oc1ccc(Cl)cc1. The van der Waals surface area contributed by atoms with Crippen LogP contribution in [0.5, 0.6) is 11.6 Å². The highest BCUT2D eigenvalue weighted by molar-refractivity contribution is 6.30. The molecule has 0 aliphatic rings. The lowest BCUT2D eigenvalue weighted by Crippen LogP contribution is -1.85. The Labute approximate surface area is 88.5 Å². The van der Waals surface area contributed by atoms with Crippen molar-refractivity contribution in [2.24, 2.45) is 0 Å². The van der Waals surface area contributed by atoms with E-state index < -0.39 is 0 Å². The quantitative estimate of drug-likeness (QED) is 0.750. The molecule has 0 saturated carbocycles. The van der Waals surface area contributed by atoms with Gasteiger partial charge in [0.1, 0.15) is 5.75 Å². The molecular weight excluding hydrogens is 198 g/mol. The van der Waals surface area contributed by atoms with E-state index in [0.29, 0.717) is 16.7 Å². The molecule has 0 bridgehead atoms. The van der Waals surface area contributed by atoms with Crippen molar-refractivity contribution in [3.8, 4) is 11.6 Å². The maximum atomic E-state index is 7.55. The molecular formula is C11H8ClNO. The zero-order valence-corrected chi connectivity index (χ0v) is 8.03. The highest BCUT2D eigenvalue weighted by Crippen LogP contribution is 2.20. The Kier molecular flexibility index (Phi) is 2.30. The molecule has 0 amide bonds. The fraction of sp³-hybridized carbons (Fsp3) is 0. The number of aromatic nitrogens is 1. The topological polar surface area (TPSA) is 22.1 Å². The molecule has 0 aliphatic heterocycles. The lowest BCUT2D eigenvalue weighted by molar-refractivity contribution is 0.463. The number of pyridine rings is 1. The van der Waals surface area contributed by atoms with E-state index in [4.69, 9.17) is 17.7 Å². The van der Waals surface area contributed by atoms with Gasteiger partial charge in [-0.15, -0.1) is 0 Å². The van der Waals surface area contributed by atoms with Crippen LogP contribution in [0.2, 0.25) is 5.02 Å². The van der Waals surface area contributed by atoms with Crippen molar-refractivity contribution in [2.75, 3.05) is 0 Å². The molecule has 0 unspecified atom stereocenters. The second-order valence-corrected chi connectivity index (χ2v) is 3.08.